The van der Waals surface area contributed by atoms with Gasteiger partial charge in [0.2, 0.25) is 0 Å². The van der Waals surface area contributed by atoms with Crippen LogP contribution in [-0.2, 0) is 0 Å². The Morgan fingerprint density at radius 2 is 2.30 bits per heavy atom. The minimum atomic E-state index is -0.851. The lowest BCUT2D eigenvalue weighted by atomic mass is 10.4. The number of allylic oxidation sites excluding steroid dienone is 1. The molecule has 1 atom stereocenters. The van der Waals surface area contributed by atoms with E-state index in [0.717, 1.165) is 0 Å². The van der Waals surface area contributed by atoms with Crippen LogP contribution in [0.25, 0.3) is 0 Å². The number of halogens is 1. The quantitative estimate of drug-likeness (QED) is 0.489. The maximum absolute atomic E-state index is 8.85. The van der Waals surface area contributed by atoms with Crippen LogP contribution in [0, 0.1) is 0 Å². The fourth-order valence-electron chi connectivity index (χ4n) is 0.297. The average Bonchev–Trinajstić information content (AvgIpc) is 1.87. The minimum absolute atomic E-state index is 0.144. The molecule has 0 rings (SSSR count). The van der Waals surface area contributed by atoms with Crippen LogP contribution < -0.4 is 0 Å². The molecule has 0 saturated heterocycles. The van der Waals surface area contributed by atoms with Crippen molar-refractivity contribution in [3.05, 3.63) is 12.3 Å². The smallest absolute Gasteiger partial charge is 0.167 e. The molecule has 0 heterocycles. The Bertz CT molecular complexity index is 156. The predicted octanol–water partition coefficient (Wildman–Crippen LogP) is 1.42. The van der Waals surface area contributed by atoms with Gasteiger partial charge in [0.25, 0.3) is 0 Å². The standard InChI is InChI=1S/C6H10ClNO2/c1-3-5(10)8-6(7)4(2)9/h5,9-10H,2-3H2,1H3/b8-6+. The molecule has 0 radical (unpaired) electrons. The van der Waals surface area contributed by atoms with Crippen LogP contribution in [0.1, 0.15) is 13.3 Å². The van der Waals surface area contributed by atoms with Gasteiger partial charge in [-0.15, -0.1) is 0 Å². The van der Waals surface area contributed by atoms with Gasteiger partial charge in [0, 0.05) is 0 Å². The van der Waals surface area contributed by atoms with Gasteiger partial charge in [-0.25, -0.2) is 4.99 Å². The van der Waals surface area contributed by atoms with Crippen molar-refractivity contribution in [2.75, 3.05) is 0 Å². The van der Waals surface area contributed by atoms with Gasteiger partial charge in [-0.2, -0.15) is 0 Å². The molecule has 0 amide bonds. The van der Waals surface area contributed by atoms with Crippen molar-refractivity contribution in [3.63, 3.8) is 0 Å². The summed E-state index contributed by atoms with van der Waals surface area (Å²) in [6.07, 6.45) is -0.389. The van der Waals surface area contributed by atoms with Crippen molar-refractivity contribution >= 4 is 16.8 Å². The summed E-state index contributed by atoms with van der Waals surface area (Å²) in [5, 5.41) is 17.3. The Hall–Kier alpha value is -0.540. The van der Waals surface area contributed by atoms with E-state index >= 15 is 0 Å². The van der Waals surface area contributed by atoms with Gasteiger partial charge in [0.05, 0.1) is 0 Å². The SMILES string of the molecule is C=C(O)/C(Cl)=N\C(O)CC. The molecule has 4 heteroatoms. The molecule has 0 fully saturated rings. The Morgan fingerprint density at radius 1 is 1.80 bits per heavy atom. The monoisotopic (exact) mass is 163 g/mol. The number of hydrogen-bond acceptors (Lipinski definition) is 3. The number of aliphatic imine (C=N–C) groups is 1. The van der Waals surface area contributed by atoms with Gasteiger partial charge in [-0.3, -0.25) is 0 Å². The van der Waals surface area contributed by atoms with E-state index in [9.17, 15) is 0 Å². The largest absolute Gasteiger partial charge is 0.505 e. The third-order valence-corrected chi connectivity index (χ3v) is 1.18. The number of rotatable bonds is 3. The van der Waals surface area contributed by atoms with Crippen molar-refractivity contribution in [3.8, 4) is 0 Å². The van der Waals surface area contributed by atoms with E-state index in [0.29, 0.717) is 6.42 Å². The summed E-state index contributed by atoms with van der Waals surface area (Å²) in [5.74, 6) is -0.325. The summed E-state index contributed by atoms with van der Waals surface area (Å²) in [4.78, 5) is 3.48. The molecule has 3 nitrogen and oxygen atoms in total. The lowest BCUT2D eigenvalue weighted by Gasteiger charge is -2.00. The van der Waals surface area contributed by atoms with Crippen molar-refractivity contribution in [1.82, 2.24) is 0 Å². The van der Waals surface area contributed by atoms with Gasteiger partial charge in [0.1, 0.15) is 12.0 Å². The molecule has 0 aliphatic heterocycles. The molecule has 0 aromatic heterocycles. The molecule has 0 aliphatic rings. The summed E-state index contributed by atoms with van der Waals surface area (Å²) in [7, 11) is 0. The summed E-state index contributed by atoms with van der Waals surface area (Å²) in [5.41, 5.74) is 0. The Morgan fingerprint density at radius 3 is 2.60 bits per heavy atom. The van der Waals surface area contributed by atoms with Crippen molar-refractivity contribution < 1.29 is 10.2 Å². The number of aliphatic hydroxyl groups is 2. The maximum Gasteiger partial charge on any atom is 0.167 e. The second-order valence-electron chi connectivity index (χ2n) is 1.76. The fourth-order valence-corrected chi connectivity index (χ4v) is 0.409. The van der Waals surface area contributed by atoms with Crippen molar-refractivity contribution in [1.29, 1.82) is 0 Å². The molecule has 0 aliphatic carbocycles. The number of aliphatic hydroxyl groups excluding tert-OH is 2. The second-order valence-corrected chi connectivity index (χ2v) is 2.11. The molecule has 10 heavy (non-hydrogen) atoms. The van der Waals surface area contributed by atoms with Crippen LogP contribution in [0.2, 0.25) is 0 Å². The van der Waals surface area contributed by atoms with Gasteiger partial charge in [0.15, 0.2) is 5.17 Å². The van der Waals surface area contributed by atoms with E-state index in [4.69, 9.17) is 21.8 Å². The highest BCUT2D eigenvalue weighted by molar-refractivity contribution is 6.69. The van der Waals surface area contributed by atoms with Crippen LogP contribution in [-0.4, -0.2) is 21.6 Å². The first-order valence-electron chi connectivity index (χ1n) is 2.87. The minimum Gasteiger partial charge on any atom is -0.505 e. The molecule has 1 unspecified atom stereocenters. The Labute approximate surface area is 64.7 Å². The van der Waals surface area contributed by atoms with Crippen LogP contribution in [0.3, 0.4) is 0 Å². The number of nitrogens with zero attached hydrogens (tertiary/aromatic N) is 1. The summed E-state index contributed by atoms with van der Waals surface area (Å²) < 4.78 is 0. The zero-order valence-electron chi connectivity index (χ0n) is 5.71. The summed E-state index contributed by atoms with van der Waals surface area (Å²) >= 11 is 5.33. The lowest BCUT2D eigenvalue weighted by molar-refractivity contribution is 0.180. The molecule has 0 aromatic carbocycles. The highest BCUT2D eigenvalue weighted by atomic mass is 35.5. The zero-order chi connectivity index (χ0) is 8.15. The van der Waals surface area contributed by atoms with E-state index in [2.05, 4.69) is 11.6 Å². The second kappa shape index (κ2) is 4.30. The first-order valence-corrected chi connectivity index (χ1v) is 3.25. The van der Waals surface area contributed by atoms with E-state index in [1.165, 1.54) is 0 Å². The normalized spacial score (nSPS) is 14.9. The number of hydrogen-bond donors (Lipinski definition) is 2. The molecule has 0 aromatic rings. The summed E-state index contributed by atoms with van der Waals surface area (Å²) in [6, 6.07) is 0. The Kier molecular flexibility index (Phi) is 4.07. The van der Waals surface area contributed by atoms with Gasteiger partial charge < -0.3 is 10.2 Å². The molecule has 0 spiro atoms. The molecular formula is C6H10ClNO2. The molecule has 0 saturated carbocycles. The van der Waals surface area contributed by atoms with Crippen LogP contribution in [0.4, 0.5) is 0 Å². The van der Waals surface area contributed by atoms with E-state index in [1.807, 2.05) is 0 Å². The fraction of sp³-hybridized carbons (Fsp3) is 0.500. The topological polar surface area (TPSA) is 52.8 Å². The third kappa shape index (κ3) is 3.48. The zero-order valence-corrected chi connectivity index (χ0v) is 6.47. The van der Waals surface area contributed by atoms with Gasteiger partial charge in [-0.05, 0) is 6.42 Å². The van der Waals surface area contributed by atoms with Crippen LogP contribution >= 0.6 is 11.6 Å². The van der Waals surface area contributed by atoms with Gasteiger partial charge in [-0.1, -0.05) is 25.1 Å². The highest BCUT2D eigenvalue weighted by Gasteiger charge is 2.01. The maximum atomic E-state index is 8.85. The third-order valence-electron chi connectivity index (χ3n) is 0.866. The van der Waals surface area contributed by atoms with Crippen LogP contribution in [0.5, 0.6) is 0 Å². The summed E-state index contributed by atoms with van der Waals surface area (Å²) in [6.45, 7) is 4.87. The molecule has 58 valence electrons. The highest BCUT2D eigenvalue weighted by Crippen LogP contribution is 2.00. The Balaban J connectivity index is 4.02. The van der Waals surface area contributed by atoms with Crippen molar-refractivity contribution in [2.45, 2.75) is 19.6 Å². The van der Waals surface area contributed by atoms with Crippen LogP contribution in [0.15, 0.2) is 17.3 Å². The first-order chi connectivity index (χ1) is 4.57. The molecule has 2 N–H and O–H groups in total. The average molecular weight is 164 g/mol. The lowest BCUT2D eigenvalue weighted by Crippen LogP contribution is -2.04. The van der Waals surface area contributed by atoms with E-state index < -0.39 is 6.23 Å². The first kappa shape index (κ1) is 9.46. The van der Waals surface area contributed by atoms with E-state index in [1.54, 1.807) is 6.92 Å². The van der Waals surface area contributed by atoms with Gasteiger partial charge >= 0.3 is 0 Å². The molecule has 0 bridgehead atoms. The van der Waals surface area contributed by atoms with E-state index in [-0.39, 0.29) is 10.9 Å². The van der Waals surface area contributed by atoms with Crippen molar-refractivity contribution in [2.24, 2.45) is 4.99 Å². The predicted molar refractivity (Wildman–Crippen MR) is 41.4 cm³/mol. The molecular weight excluding hydrogens is 154 g/mol.